The monoisotopic (exact) mass is 413 g/mol. The minimum atomic E-state index is -0.592. The molecule has 2 aromatic rings. The summed E-state index contributed by atoms with van der Waals surface area (Å²) in [5, 5.41) is 14.0. The molecule has 0 radical (unpaired) electrons. The lowest BCUT2D eigenvalue weighted by molar-refractivity contribution is -0.389. The summed E-state index contributed by atoms with van der Waals surface area (Å²) in [5.41, 5.74) is 0.469. The third-order valence-corrected chi connectivity index (χ3v) is 4.47. The van der Waals surface area contributed by atoms with Crippen LogP contribution in [-0.2, 0) is 16.1 Å². The molecule has 0 saturated carbocycles. The second kappa shape index (κ2) is 8.83. The van der Waals surface area contributed by atoms with Gasteiger partial charge in [-0.15, -0.1) is 0 Å². The summed E-state index contributed by atoms with van der Waals surface area (Å²) in [6, 6.07) is 4.67. The van der Waals surface area contributed by atoms with Crippen LogP contribution < -0.4 is 5.32 Å². The molecule has 0 bridgehead atoms. The fourth-order valence-electron chi connectivity index (χ4n) is 2.29. The minimum Gasteiger partial charge on any atom is -0.358 e. The van der Waals surface area contributed by atoms with E-state index in [-0.39, 0.29) is 31.2 Å². The van der Waals surface area contributed by atoms with Crippen molar-refractivity contribution in [1.29, 1.82) is 0 Å². The SMILES string of the molecule is Cc1nc([N+](=O)[O-])cn1CCC(=O)N(C)CC(=O)Nc1ccc(Cl)c(Cl)c1. The fourth-order valence-corrected chi connectivity index (χ4v) is 2.59. The van der Waals surface area contributed by atoms with Crippen LogP contribution in [0.2, 0.25) is 10.0 Å². The van der Waals surface area contributed by atoms with Crippen LogP contribution in [0, 0.1) is 17.0 Å². The topological polar surface area (TPSA) is 110 Å². The Morgan fingerprint density at radius 1 is 1.33 bits per heavy atom. The van der Waals surface area contributed by atoms with Crippen molar-refractivity contribution in [3.05, 3.63) is 50.4 Å². The van der Waals surface area contributed by atoms with Gasteiger partial charge in [0, 0.05) is 32.6 Å². The van der Waals surface area contributed by atoms with Gasteiger partial charge in [0.1, 0.15) is 6.20 Å². The molecule has 11 heteroatoms. The van der Waals surface area contributed by atoms with Gasteiger partial charge < -0.3 is 24.9 Å². The Kier molecular flexibility index (Phi) is 6.75. The molecule has 1 heterocycles. The van der Waals surface area contributed by atoms with Gasteiger partial charge in [-0.05, 0) is 28.1 Å². The largest absolute Gasteiger partial charge is 0.381 e. The van der Waals surface area contributed by atoms with Crippen LogP contribution in [0.3, 0.4) is 0 Å². The van der Waals surface area contributed by atoms with Gasteiger partial charge in [-0.25, -0.2) is 0 Å². The number of likely N-dealkylation sites (N-methyl/N-ethyl adjacent to an activating group) is 1. The number of halogens is 2. The Balaban J connectivity index is 1.86. The van der Waals surface area contributed by atoms with E-state index >= 15 is 0 Å². The first-order valence-electron chi connectivity index (χ1n) is 7.84. The molecule has 0 fully saturated rings. The van der Waals surface area contributed by atoms with Crippen LogP contribution in [0.1, 0.15) is 12.2 Å². The number of carbonyl (C=O) groups excluding carboxylic acids is 2. The summed E-state index contributed by atoms with van der Waals surface area (Å²) >= 11 is 11.7. The molecule has 0 aliphatic heterocycles. The molecular weight excluding hydrogens is 397 g/mol. The molecule has 0 spiro atoms. The number of nitro groups is 1. The smallest absolute Gasteiger partial charge is 0.358 e. The zero-order valence-corrected chi connectivity index (χ0v) is 16.1. The Morgan fingerprint density at radius 3 is 2.63 bits per heavy atom. The summed E-state index contributed by atoms with van der Waals surface area (Å²) in [7, 11) is 1.50. The number of imidazole rings is 1. The normalized spacial score (nSPS) is 10.5. The van der Waals surface area contributed by atoms with E-state index in [0.717, 1.165) is 0 Å². The van der Waals surface area contributed by atoms with Gasteiger partial charge in [-0.1, -0.05) is 23.2 Å². The van der Waals surface area contributed by atoms with Crippen molar-refractivity contribution in [3.8, 4) is 0 Å². The van der Waals surface area contributed by atoms with E-state index < -0.39 is 10.8 Å². The first-order chi connectivity index (χ1) is 12.7. The fraction of sp³-hybridized carbons (Fsp3) is 0.312. The zero-order chi connectivity index (χ0) is 20.1. The number of anilines is 1. The quantitative estimate of drug-likeness (QED) is 0.553. The van der Waals surface area contributed by atoms with Crippen LogP contribution >= 0.6 is 23.2 Å². The highest BCUT2D eigenvalue weighted by Gasteiger charge is 2.18. The van der Waals surface area contributed by atoms with Crippen molar-refractivity contribution < 1.29 is 14.5 Å². The lowest BCUT2D eigenvalue weighted by atomic mass is 10.3. The molecule has 0 aliphatic carbocycles. The van der Waals surface area contributed by atoms with Gasteiger partial charge >= 0.3 is 5.82 Å². The predicted molar refractivity (Wildman–Crippen MR) is 101 cm³/mol. The number of aromatic nitrogens is 2. The van der Waals surface area contributed by atoms with E-state index in [0.29, 0.717) is 21.6 Å². The minimum absolute atomic E-state index is 0.0743. The molecule has 0 saturated heterocycles. The molecule has 1 N–H and O–H groups in total. The number of hydrogen-bond donors (Lipinski definition) is 1. The van der Waals surface area contributed by atoms with E-state index in [2.05, 4.69) is 10.3 Å². The van der Waals surface area contributed by atoms with E-state index in [4.69, 9.17) is 23.2 Å². The number of amides is 2. The molecule has 0 atom stereocenters. The second-order valence-electron chi connectivity index (χ2n) is 5.77. The number of aryl methyl sites for hydroxylation is 2. The van der Waals surface area contributed by atoms with Crippen molar-refractivity contribution in [3.63, 3.8) is 0 Å². The summed E-state index contributed by atoms with van der Waals surface area (Å²) in [6.45, 7) is 1.69. The molecule has 2 amide bonds. The van der Waals surface area contributed by atoms with Crippen LogP contribution in [0.5, 0.6) is 0 Å². The number of nitrogens with zero attached hydrogens (tertiary/aromatic N) is 4. The van der Waals surface area contributed by atoms with Crippen molar-refractivity contribution >= 4 is 46.5 Å². The van der Waals surface area contributed by atoms with Crippen molar-refractivity contribution in [2.24, 2.45) is 0 Å². The summed E-state index contributed by atoms with van der Waals surface area (Å²) in [4.78, 5) is 39.4. The first-order valence-corrected chi connectivity index (χ1v) is 8.60. The van der Waals surface area contributed by atoms with Gasteiger partial charge in [-0.3, -0.25) is 9.59 Å². The van der Waals surface area contributed by atoms with Crippen LogP contribution in [0.15, 0.2) is 24.4 Å². The van der Waals surface area contributed by atoms with Crippen LogP contribution in [0.25, 0.3) is 0 Å². The Bertz CT molecular complexity index is 884. The third-order valence-electron chi connectivity index (χ3n) is 3.73. The Morgan fingerprint density at radius 2 is 2.04 bits per heavy atom. The van der Waals surface area contributed by atoms with Gasteiger partial charge in [0.05, 0.1) is 16.6 Å². The number of carbonyl (C=O) groups is 2. The number of hydrogen-bond acceptors (Lipinski definition) is 5. The first kappa shape index (κ1) is 20.7. The molecule has 144 valence electrons. The molecule has 0 aliphatic rings. The average Bonchev–Trinajstić information content (AvgIpc) is 2.97. The third kappa shape index (κ3) is 5.66. The zero-order valence-electron chi connectivity index (χ0n) is 14.6. The molecule has 9 nitrogen and oxygen atoms in total. The Labute approximate surface area is 165 Å². The molecule has 1 aromatic heterocycles. The standard InChI is InChI=1S/C16H17Cl2N5O4/c1-10-19-14(23(26)27)8-22(10)6-5-16(25)21(2)9-15(24)20-11-3-4-12(17)13(18)7-11/h3-4,7-8H,5-6,9H2,1-2H3,(H,20,24). The highest BCUT2D eigenvalue weighted by Crippen LogP contribution is 2.24. The van der Waals surface area contributed by atoms with Crippen molar-refractivity contribution in [2.45, 2.75) is 19.9 Å². The van der Waals surface area contributed by atoms with Gasteiger partial charge in [0.15, 0.2) is 0 Å². The van der Waals surface area contributed by atoms with Gasteiger partial charge in [0.2, 0.25) is 17.6 Å². The lowest BCUT2D eigenvalue weighted by Crippen LogP contribution is -2.35. The predicted octanol–water partition coefficient (Wildman–Crippen LogP) is 2.89. The van der Waals surface area contributed by atoms with E-state index in [1.807, 2.05) is 0 Å². The Hall–Kier alpha value is -2.65. The maximum atomic E-state index is 12.2. The second-order valence-corrected chi connectivity index (χ2v) is 6.59. The van der Waals surface area contributed by atoms with E-state index in [1.165, 1.54) is 28.8 Å². The average molecular weight is 414 g/mol. The molecule has 27 heavy (non-hydrogen) atoms. The summed E-state index contributed by atoms with van der Waals surface area (Å²) < 4.78 is 1.53. The number of benzene rings is 1. The maximum absolute atomic E-state index is 12.2. The van der Waals surface area contributed by atoms with E-state index in [1.54, 1.807) is 19.1 Å². The highest BCUT2D eigenvalue weighted by atomic mass is 35.5. The van der Waals surface area contributed by atoms with Gasteiger partial charge in [0.25, 0.3) is 0 Å². The maximum Gasteiger partial charge on any atom is 0.381 e. The lowest BCUT2D eigenvalue weighted by Gasteiger charge is -2.17. The summed E-state index contributed by atoms with van der Waals surface area (Å²) in [5.74, 6) is -0.502. The molecule has 0 unspecified atom stereocenters. The highest BCUT2D eigenvalue weighted by molar-refractivity contribution is 6.42. The molecule has 2 rings (SSSR count). The van der Waals surface area contributed by atoms with Gasteiger partial charge in [-0.2, -0.15) is 0 Å². The van der Waals surface area contributed by atoms with Crippen molar-refractivity contribution in [1.82, 2.24) is 14.5 Å². The molecular formula is C16H17Cl2N5O4. The van der Waals surface area contributed by atoms with Crippen molar-refractivity contribution in [2.75, 3.05) is 18.9 Å². The van der Waals surface area contributed by atoms with E-state index in [9.17, 15) is 19.7 Å². The van der Waals surface area contributed by atoms with Crippen LogP contribution in [-0.4, -0.2) is 44.8 Å². The van der Waals surface area contributed by atoms with Crippen LogP contribution in [0.4, 0.5) is 11.5 Å². The molecule has 1 aromatic carbocycles. The number of nitrogens with one attached hydrogen (secondary N) is 1. The number of rotatable bonds is 7. The summed E-state index contributed by atoms with van der Waals surface area (Å²) in [6.07, 6.45) is 1.35.